The summed E-state index contributed by atoms with van der Waals surface area (Å²) in [6.45, 7) is 6.37. The van der Waals surface area contributed by atoms with Gasteiger partial charge in [-0.3, -0.25) is 14.6 Å². The number of nitrogens with zero attached hydrogens (tertiary/aromatic N) is 2. The van der Waals surface area contributed by atoms with Crippen LogP contribution in [-0.2, 0) is 0 Å². The van der Waals surface area contributed by atoms with Crippen LogP contribution in [0.3, 0.4) is 0 Å². The van der Waals surface area contributed by atoms with E-state index in [1.54, 1.807) is 18.4 Å². The monoisotopic (exact) mass is 624 g/mol. The summed E-state index contributed by atoms with van der Waals surface area (Å²) >= 11 is 1.63. The average molecular weight is 625 g/mol. The first-order valence-corrected chi connectivity index (χ1v) is 17.6. The molecule has 236 valence electrons. The van der Waals surface area contributed by atoms with Gasteiger partial charge in [0.25, 0.3) is 0 Å². The minimum atomic E-state index is 0.0194. The number of carbonyl (C=O) groups excluding carboxylic acids is 1. The summed E-state index contributed by atoms with van der Waals surface area (Å²) in [6.07, 6.45) is 10.3. The lowest BCUT2D eigenvalue weighted by atomic mass is 9.97. The van der Waals surface area contributed by atoms with E-state index in [-0.39, 0.29) is 11.9 Å². The number of ketones is 1. The SMILES string of the molecule is COc1ccc2c(C(=O)c3ccc(O[C@@H]4CCC[C@H]4N4CCCCC4)cc3)c(-c3ccc(OCCN4CCCC4)cc3)sc2c1. The summed E-state index contributed by atoms with van der Waals surface area (Å²) in [4.78, 5) is 20.3. The van der Waals surface area contributed by atoms with E-state index >= 15 is 0 Å². The first-order valence-electron chi connectivity index (χ1n) is 16.8. The number of hydrogen-bond donors (Lipinski definition) is 0. The maximum atomic E-state index is 14.2. The predicted octanol–water partition coefficient (Wildman–Crippen LogP) is 8.07. The Hall–Kier alpha value is -3.39. The molecule has 1 aliphatic carbocycles. The van der Waals surface area contributed by atoms with Gasteiger partial charge in [-0.1, -0.05) is 6.42 Å². The highest BCUT2D eigenvalue weighted by Crippen LogP contribution is 2.42. The fourth-order valence-corrected chi connectivity index (χ4v) is 8.58. The van der Waals surface area contributed by atoms with Crippen molar-refractivity contribution in [3.05, 3.63) is 77.9 Å². The number of thiophene rings is 1. The Kier molecular flexibility index (Phi) is 9.38. The summed E-state index contributed by atoms with van der Waals surface area (Å²) in [7, 11) is 1.67. The second-order valence-electron chi connectivity index (χ2n) is 12.7. The number of methoxy groups -OCH3 is 1. The minimum absolute atomic E-state index is 0.0194. The van der Waals surface area contributed by atoms with E-state index in [1.165, 1.54) is 71.1 Å². The Morgan fingerprint density at radius 2 is 1.51 bits per heavy atom. The third-order valence-electron chi connectivity index (χ3n) is 9.80. The molecule has 1 aromatic heterocycles. The lowest BCUT2D eigenvalue weighted by Gasteiger charge is -2.35. The van der Waals surface area contributed by atoms with E-state index in [9.17, 15) is 4.79 Å². The number of likely N-dealkylation sites (tertiary alicyclic amines) is 2. The van der Waals surface area contributed by atoms with Crippen molar-refractivity contribution in [3.8, 4) is 27.7 Å². The highest BCUT2D eigenvalue weighted by atomic mass is 32.1. The molecular formula is C38H44N2O4S. The Labute approximate surface area is 270 Å². The molecule has 0 amide bonds. The van der Waals surface area contributed by atoms with Gasteiger partial charge >= 0.3 is 0 Å². The number of benzene rings is 3. The molecule has 0 radical (unpaired) electrons. The lowest BCUT2D eigenvalue weighted by molar-refractivity contribution is 0.0739. The third-order valence-corrected chi connectivity index (χ3v) is 11.0. The van der Waals surface area contributed by atoms with Crippen LogP contribution in [0.25, 0.3) is 20.5 Å². The Bertz CT molecular complexity index is 1590. The topological polar surface area (TPSA) is 51.2 Å². The molecule has 2 atom stereocenters. The normalized spacial score (nSPS) is 20.9. The van der Waals surface area contributed by atoms with Crippen molar-refractivity contribution in [2.24, 2.45) is 0 Å². The molecule has 3 fully saturated rings. The van der Waals surface area contributed by atoms with Crippen molar-refractivity contribution >= 4 is 27.2 Å². The standard InChI is InChI=1S/C38H44N2O4S/c1-42-31-18-19-32-35(26-31)45-38(28-12-14-29(15-13-28)43-25-24-39-20-5-6-21-39)36(32)37(41)27-10-16-30(17-11-27)44-34-9-7-8-33(34)40-22-3-2-4-23-40/h10-19,26,33-34H,2-9,20-25H2,1H3/t33-,34-/m1/s1. The first-order chi connectivity index (χ1) is 22.2. The predicted molar refractivity (Wildman–Crippen MR) is 182 cm³/mol. The van der Waals surface area contributed by atoms with Crippen LogP contribution in [-0.4, -0.2) is 74.2 Å². The van der Waals surface area contributed by atoms with Crippen LogP contribution in [0.15, 0.2) is 66.7 Å². The zero-order valence-corrected chi connectivity index (χ0v) is 27.2. The molecule has 7 rings (SSSR count). The van der Waals surface area contributed by atoms with Gasteiger partial charge in [-0.2, -0.15) is 0 Å². The number of hydrogen-bond acceptors (Lipinski definition) is 7. The van der Waals surface area contributed by atoms with Crippen LogP contribution in [0.1, 0.15) is 67.3 Å². The smallest absolute Gasteiger partial charge is 0.195 e. The molecular weight excluding hydrogens is 580 g/mol. The summed E-state index contributed by atoms with van der Waals surface area (Å²) in [6, 6.07) is 22.5. The van der Waals surface area contributed by atoms with Gasteiger partial charge in [-0.05, 0) is 143 Å². The molecule has 2 aliphatic heterocycles. The molecule has 6 nitrogen and oxygen atoms in total. The summed E-state index contributed by atoms with van der Waals surface area (Å²) in [5.74, 6) is 2.51. The molecule has 4 aromatic rings. The second kappa shape index (κ2) is 13.9. The van der Waals surface area contributed by atoms with Crippen LogP contribution in [0.2, 0.25) is 0 Å². The molecule has 3 aromatic carbocycles. The zero-order valence-electron chi connectivity index (χ0n) is 26.3. The average Bonchev–Trinajstić information content (AvgIpc) is 3.86. The van der Waals surface area contributed by atoms with Gasteiger partial charge in [-0.25, -0.2) is 0 Å². The quantitative estimate of drug-likeness (QED) is 0.157. The molecule has 0 N–H and O–H groups in total. The second-order valence-corrected chi connectivity index (χ2v) is 13.7. The van der Waals surface area contributed by atoms with E-state index in [4.69, 9.17) is 14.2 Å². The fourth-order valence-electron chi connectivity index (χ4n) is 7.35. The van der Waals surface area contributed by atoms with Crippen LogP contribution >= 0.6 is 11.3 Å². The molecule has 3 aliphatic rings. The van der Waals surface area contributed by atoms with Crippen molar-refractivity contribution in [2.45, 2.75) is 63.5 Å². The van der Waals surface area contributed by atoms with Gasteiger partial charge in [0.15, 0.2) is 5.78 Å². The van der Waals surface area contributed by atoms with Gasteiger partial charge in [-0.15, -0.1) is 11.3 Å². The van der Waals surface area contributed by atoms with Gasteiger partial charge in [0.2, 0.25) is 0 Å². The van der Waals surface area contributed by atoms with Gasteiger partial charge in [0.1, 0.15) is 30.0 Å². The largest absolute Gasteiger partial charge is 0.497 e. The highest BCUT2D eigenvalue weighted by Gasteiger charge is 2.34. The van der Waals surface area contributed by atoms with E-state index in [2.05, 4.69) is 21.9 Å². The maximum absolute atomic E-state index is 14.2. The van der Waals surface area contributed by atoms with Crippen LogP contribution in [0, 0.1) is 0 Å². The summed E-state index contributed by atoms with van der Waals surface area (Å²) in [5.41, 5.74) is 2.41. The number of rotatable bonds is 11. The lowest BCUT2D eigenvalue weighted by Crippen LogP contribution is -2.45. The van der Waals surface area contributed by atoms with Crippen molar-refractivity contribution in [1.82, 2.24) is 9.80 Å². The van der Waals surface area contributed by atoms with Crippen molar-refractivity contribution in [2.75, 3.05) is 46.4 Å². The van der Waals surface area contributed by atoms with Crippen molar-refractivity contribution < 1.29 is 19.0 Å². The summed E-state index contributed by atoms with van der Waals surface area (Å²) < 4.78 is 19.1. The number of carbonyl (C=O) groups is 1. The first kappa shape index (κ1) is 30.3. The fraction of sp³-hybridized carbons (Fsp3) is 0.447. The van der Waals surface area contributed by atoms with E-state index in [0.717, 1.165) is 56.3 Å². The van der Waals surface area contributed by atoms with Crippen LogP contribution in [0.4, 0.5) is 0 Å². The molecule has 0 unspecified atom stereocenters. The van der Waals surface area contributed by atoms with Gasteiger partial charge in [0.05, 0.1) is 7.11 Å². The number of fused-ring (bicyclic) bond motifs is 1. The highest BCUT2D eigenvalue weighted by molar-refractivity contribution is 7.22. The van der Waals surface area contributed by atoms with Crippen molar-refractivity contribution in [3.63, 3.8) is 0 Å². The summed E-state index contributed by atoms with van der Waals surface area (Å²) in [5, 5.41) is 0.947. The maximum Gasteiger partial charge on any atom is 0.195 e. The molecule has 2 saturated heterocycles. The molecule has 45 heavy (non-hydrogen) atoms. The van der Waals surface area contributed by atoms with E-state index in [1.807, 2.05) is 54.6 Å². The van der Waals surface area contributed by atoms with E-state index in [0.29, 0.717) is 18.2 Å². The zero-order chi connectivity index (χ0) is 30.6. The van der Waals surface area contributed by atoms with Gasteiger partial charge < -0.3 is 14.2 Å². The van der Waals surface area contributed by atoms with Crippen molar-refractivity contribution in [1.29, 1.82) is 0 Å². The molecule has 7 heteroatoms. The Morgan fingerprint density at radius 3 is 2.27 bits per heavy atom. The Balaban J connectivity index is 1.10. The van der Waals surface area contributed by atoms with Crippen LogP contribution < -0.4 is 14.2 Å². The molecule has 0 bridgehead atoms. The Morgan fingerprint density at radius 1 is 0.800 bits per heavy atom. The number of piperidine rings is 1. The van der Waals surface area contributed by atoms with Crippen LogP contribution in [0.5, 0.6) is 17.2 Å². The molecule has 0 spiro atoms. The minimum Gasteiger partial charge on any atom is -0.497 e. The van der Waals surface area contributed by atoms with Gasteiger partial charge in [0, 0.05) is 38.7 Å². The molecule has 3 heterocycles. The molecule has 1 saturated carbocycles. The number of ether oxygens (including phenoxy) is 3. The van der Waals surface area contributed by atoms with E-state index < -0.39 is 0 Å². The third kappa shape index (κ3) is 6.76.